The highest BCUT2D eigenvalue weighted by Gasteiger charge is 2.34. The summed E-state index contributed by atoms with van der Waals surface area (Å²) in [4.78, 5) is 12.1. The lowest BCUT2D eigenvalue weighted by atomic mass is 9.92. The minimum absolute atomic E-state index is 0.349. The number of anilines is 1. The summed E-state index contributed by atoms with van der Waals surface area (Å²) in [6, 6.07) is 5.23. The molecular formula is C18H19FN2O4. The van der Waals surface area contributed by atoms with Crippen molar-refractivity contribution in [2.75, 3.05) is 26.6 Å². The number of nitrogens with one attached hydrogen (secondary N) is 2. The lowest BCUT2D eigenvalue weighted by molar-refractivity contribution is 0.248. The highest BCUT2D eigenvalue weighted by molar-refractivity contribution is 5.95. The highest BCUT2D eigenvalue weighted by atomic mass is 19.1. The summed E-state index contributed by atoms with van der Waals surface area (Å²) >= 11 is 0. The van der Waals surface area contributed by atoms with E-state index in [2.05, 4.69) is 10.6 Å². The molecule has 0 bridgehead atoms. The highest BCUT2D eigenvalue weighted by Crippen LogP contribution is 2.49. The molecule has 0 aliphatic carbocycles. The van der Waals surface area contributed by atoms with Crippen molar-refractivity contribution in [3.63, 3.8) is 0 Å². The Bertz CT molecular complexity index is 838. The van der Waals surface area contributed by atoms with Crippen LogP contribution in [-0.4, -0.2) is 27.4 Å². The van der Waals surface area contributed by atoms with Crippen molar-refractivity contribution in [1.29, 1.82) is 0 Å². The Labute approximate surface area is 144 Å². The van der Waals surface area contributed by atoms with E-state index in [4.69, 9.17) is 14.2 Å². The molecule has 1 aliphatic rings. The Hall–Kier alpha value is -2.96. The monoisotopic (exact) mass is 346 g/mol. The van der Waals surface area contributed by atoms with Crippen LogP contribution in [0.15, 0.2) is 24.3 Å². The van der Waals surface area contributed by atoms with E-state index in [1.807, 2.05) is 6.92 Å². The van der Waals surface area contributed by atoms with Crippen LogP contribution in [0.25, 0.3) is 0 Å². The summed E-state index contributed by atoms with van der Waals surface area (Å²) < 4.78 is 30.7. The first kappa shape index (κ1) is 16.9. The Balaban J connectivity index is 2.29. The normalized spacial score (nSPS) is 15.7. The number of carbonyl (C=O) groups is 1. The molecule has 1 heterocycles. The van der Waals surface area contributed by atoms with E-state index in [0.29, 0.717) is 34.1 Å². The first-order valence-corrected chi connectivity index (χ1v) is 7.66. The minimum atomic E-state index is -0.724. The van der Waals surface area contributed by atoms with Crippen molar-refractivity contribution in [2.24, 2.45) is 0 Å². The third-order valence-electron chi connectivity index (χ3n) is 4.14. The minimum Gasteiger partial charge on any atom is -0.493 e. The van der Waals surface area contributed by atoms with Crippen molar-refractivity contribution in [3.05, 3.63) is 46.8 Å². The summed E-state index contributed by atoms with van der Waals surface area (Å²) in [5.41, 5.74) is 2.28. The maximum atomic E-state index is 14.5. The third-order valence-corrected chi connectivity index (χ3v) is 4.14. The predicted molar refractivity (Wildman–Crippen MR) is 91.2 cm³/mol. The smallest absolute Gasteiger partial charge is 0.320 e. The standard InChI is InChI=1S/C18H19FN2O4/c1-9-5-6-11(19)10(7-9)15-14-12(20-18(22)21-15)8-13(23-2)16(24-3)17(14)25-4/h5-8,15H,1-4H3,(H2,20,21,22). The second kappa shape index (κ2) is 6.51. The Morgan fingerprint density at radius 3 is 2.40 bits per heavy atom. The number of rotatable bonds is 4. The Morgan fingerprint density at radius 1 is 1.04 bits per heavy atom. The van der Waals surface area contributed by atoms with E-state index >= 15 is 0 Å². The van der Waals surface area contributed by atoms with Crippen molar-refractivity contribution in [3.8, 4) is 17.2 Å². The van der Waals surface area contributed by atoms with Crippen molar-refractivity contribution >= 4 is 11.7 Å². The number of fused-ring (bicyclic) bond motifs is 1. The number of halogens is 1. The SMILES string of the molecule is COc1cc2c(c(OC)c1OC)C(c1cc(C)ccc1F)NC(=O)N2. The molecule has 0 fully saturated rings. The van der Waals surface area contributed by atoms with Crippen LogP contribution in [0.1, 0.15) is 22.7 Å². The van der Waals surface area contributed by atoms with Gasteiger partial charge in [-0.05, 0) is 13.0 Å². The number of carbonyl (C=O) groups excluding carboxylic acids is 1. The summed E-state index contributed by atoms with van der Waals surface area (Å²) in [5.74, 6) is 0.736. The van der Waals surface area contributed by atoms with Crippen LogP contribution in [0, 0.1) is 12.7 Å². The second-order valence-corrected chi connectivity index (χ2v) is 5.66. The molecule has 2 aromatic rings. The van der Waals surface area contributed by atoms with Crippen LogP contribution >= 0.6 is 0 Å². The van der Waals surface area contributed by atoms with Gasteiger partial charge in [0, 0.05) is 17.2 Å². The molecule has 0 radical (unpaired) electrons. The topological polar surface area (TPSA) is 68.8 Å². The van der Waals surface area contributed by atoms with E-state index in [0.717, 1.165) is 5.56 Å². The zero-order valence-corrected chi connectivity index (χ0v) is 14.4. The molecule has 2 amide bonds. The summed E-state index contributed by atoms with van der Waals surface area (Å²) in [7, 11) is 4.46. The van der Waals surface area contributed by atoms with Gasteiger partial charge >= 0.3 is 6.03 Å². The zero-order valence-electron chi connectivity index (χ0n) is 14.4. The van der Waals surface area contributed by atoms with Crippen molar-refractivity contribution in [1.82, 2.24) is 5.32 Å². The Morgan fingerprint density at radius 2 is 1.76 bits per heavy atom. The van der Waals surface area contributed by atoms with Gasteiger partial charge in [-0.1, -0.05) is 17.7 Å². The molecule has 2 aromatic carbocycles. The number of aryl methyl sites for hydroxylation is 1. The molecule has 1 aliphatic heterocycles. The molecule has 7 heteroatoms. The maximum absolute atomic E-state index is 14.5. The first-order valence-electron chi connectivity index (χ1n) is 7.66. The van der Waals surface area contributed by atoms with Gasteiger partial charge in [0.25, 0.3) is 0 Å². The van der Waals surface area contributed by atoms with E-state index in [1.165, 1.54) is 27.4 Å². The van der Waals surface area contributed by atoms with Crippen LogP contribution in [0.2, 0.25) is 0 Å². The molecule has 0 spiro atoms. The van der Waals surface area contributed by atoms with Crippen LogP contribution in [0.4, 0.5) is 14.9 Å². The number of hydrogen-bond donors (Lipinski definition) is 2. The lowest BCUT2D eigenvalue weighted by Crippen LogP contribution is -2.39. The first-order chi connectivity index (χ1) is 12.0. The van der Waals surface area contributed by atoms with Crippen LogP contribution in [0.5, 0.6) is 17.2 Å². The summed E-state index contributed by atoms with van der Waals surface area (Å²) in [6.45, 7) is 1.86. The molecule has 1 atom stereocenters. The predicted octanol–water partition coefficient (Wildman–Crippen LogP) is 3.38. The summed E-state index contributed by atoms with van der Waals surface area (Å²) in [6.07, 6.45) is 0. The van der Waals surface area contributed by atoms with Crippen LogP contribution < -0.4 is 24.8 Å². The number of ether oxygens (including phenoxy) is 3. The van der Waals surface area contributed by atoms with Gasteiger partial charge in [0.15, 0.2) is 11.5 Å². The van der Waals surface area contributed by atoms with Crippen LogP contribution in [0.3, 0.4) is 0 Å². The van der Waals surface area contributed by atoms with E-state index in [9.17, 15) is 9.18 Å². The van der Waals surface area contributed by atoms with Crippen molar-refractivity contribution in [2.45, 2.75) is 13.0 Å². The number of methoxy groups -OCH3 is 3. The van der Waals surface area contributed by atoms with Gasteiger partial charge in [-0.15, -0.1) is 0 Å². The number of benzene rings is 2. The molecule has 0 saturated heterocycles. The molecule has 25 heavy (non-hydrogen) atoms. The van der Waals surface area contributed by atoms with Gasteiger partial charge in [0.05, 0.1) is 33.1 Å². The van der Waals surface area contributed by atoms with Gasteiger partial charge in [0.1, 0.15) is 5.82 Å². The fourth-order valence-corrected chi connectivity index (χ4v) is 3.05. The average molecular weight is 346 g/mol. The van der Waals surface area contributed by atoms with Crippen molar-refractivity contribution < 1.29 is 23.4 Å². The number of hydrogen-bond acceptors (Lipinski definition) is 4. The largest absolute Gasteiger partial charge is 0.493 e. The fraction of sp³-hybridized carbons (Fsp3) is 0.278. The van der Waals surface area contributed by atoms with E-state index < -0.39 is 17.9 Å². The molecule has 2 N–H and O–H groups in total. The molecular weight excluding hydrogens is 327 g/mol. The van der Waals surface area contributed by atoms with E-state index in [-0.39, 0.29) is 0 Å². The number of amides is 2. The molecule has 0 aromatic heterocycles. The molecule has 6 nitrogen and oxygen atoms in total. The second-order valence-electron chi connectivity index (χ2n) is 5.66. The molecule has 1 unspecified atom stereocenters. The average Bonchev–Trinajstić information content (AvgIpc) is 2.61. The maximum Gasteiger partial charge on any atom is 0.320 e. The lowest BCUT2D eigenvalue weighted by Gasteiger charge is -2.31. The van der Waals surface area contributed by atoms with Gasteiger partial charge in [0.2, 0.25) is 5.75 Å². The van der Waals surface area contributed by atoms with Crippen LogP contribution in [-0.2, 0) is 0 Å². The number of urea groups is 1. The van der Waals surface area contributed by atoms with Gasteiger partial charge in [-0.25, -0.2) is 9.18 Å². The van der Waals surface area contributed by atoms with Gasteiger partial charge < -0.3 is 24.8 Å². The zero-order chi connectivity index (χ0) is 18.1. The molecule has 0 saturated carbocycles. The molecule has 132 valence electrons. The van der Waals surface area contributed by atoms with Gasteiger partial charge in [-0.2, -0.15) is 0 Å². The molecule has 3 rings (SSSR count). The van der Waals surface area contributed by atoms with E-state index in [1.54, 1.807) is 18.2 Å². The third kappa shape index (κ3) is 2.82. The fourth-order valence-electron chi connectivity index (χ4n) is 3.05. The van der Waals surface area contributed by atoms with Gasteiger partial charge in [-0.3, -0.25) is 0 Å². The Kier molecular flexibility index (Phi) is 4.39. The summed E-state index contributed by atoms with van der Waals surface area (Å²) in [5, 5.41) is 5.46. The quantitative estimate of drug-likeness (QED) is 0.890.